The second-order valence-corrected chi connectivity index (χ2v) is 4.88. The van der Waals surface area contributed by atoms with Crippen LogP contribution in [0, 0.1) is 0 Å². The summed E-state index contributed by atoms with van der Waals surface area (Å²) in [6, 6.07) is 11.6. The predicted molar refractivity (Wildman–Crippen MR) is 77.4 cm³/mol. The number of furan rings is 1. The van der Waals surface area contributed by atoms with Gasteiger partial charge in [-0.05, 0) is 18.2 Å². The number of aromatic nitrogens is 2. The minimum Gasteiger partial charge on any atom is -0.462 e. The number of para-hydroxylation sites is 1. The first kappa shape index (κ1) is 9.97. The summed E-state index contributed by atoms with van der Waals surface area (Å²) < 4.78 is 7.21. The van der Waals surface area contributed by atoms with E-state index in [9.17, 15) is 4.79 Å². The predicted octanol–water partition coefficient (Wildman–Crippen LogP) is 3.18. The Morgan fingerprint density at radius 1 is 1.00 bits per heavy atom. The number of hydrogen-bond acceptors (Lipinski definition) is 3. The Balaban J connectivity index is 2.36. The lowest BCUT2D eigenvalue weighted by Crippen LogP contribution is -2.12. The van der Waals surface area contributed by atoms with Gasteiger partial charge in [-0.1, -0.05) is 18.2 Å². The monoisotopic (exact) mass is 260 g/mol. The van der Waals surface area contributed by atoms with E-state index >= 15 is 0 Å². The zero-order valence-electron chi connectivity index (χ0n) is 10.3. The van der Waals surface area contributed by atoms with Gasteiger partial charge in [-0.15, -0.1) is 0 Å². The molecule has 0 amide bonds. The molecule has 0 aliphatic rings. The standard InChI is InChI=1S/C16H8N2O2/c19-16-11-6-8-20-15(11)13-14-10(5-7-17-13)9-3-1-2-4-12(9)18(14)16/h1-8H. The third kappa shape index (κ3) is 0.957. The van der Waals surface area contributed by atoms with Crippen LogP contribution in [0.25, 0.3) is 38.3 Å². The van der Waals surface area contributed by atoms with Crippen LogP contribution < -0.4 is 5.56 Å². The lowest BCUT2D eigenvalue weighted by atomic mass is 10.1. The molecule has 94 valence electrons. The largest absolute Gasteiger partial charge is 0.462 e. The van der Waals surface area contributed by atoms with E-state index in [1.165, 1.54) is 6.26 Å². The highest BCUT2D eigenvalue weighted by Gasteiger charge is 2.18. The molecule has 1 aromatic carbocycles. The topological polar surface area (TPSA) is 47.5 Å². The normalized spacial score (nSPS) is 12.2. The Hall–Kier alpha value is -2.88. The third-order valence-electron chi connectivity index (χ3n) is 3.90. The van der Waals surface area contributed by atoms with E-state index in [2.05, 4.69) is 4.98 Å². The quantitative estimate of drug-likeness (QED) is 0.429. The van der Waals surface area contributed by atoms with Crippen molar-refractivity contribution in [2.75, 3.05) is 0 Å². The molecule has 0 aliphatic carbocycles. The van der Waals surface area contributed by atoms with Crippen molar-refractivity contribution in [3.63, 3.8) is 0 Å². The smallest absolute Gasteiger partial charge is 0.266 e. The van der Waals surface area contributed by atoms with Crippen molar-refractivity contribution in [3.05, 3.63) is 59.2 Å². The van der Waals surface area contributed by atoms with Crippen LogP contribution in [0.2, 0.25) is 0 Å². The molecule has 0 N–H and O–H groups in total. The summed E-state index contributed by atoms with van der Waals surface area (Å²) in [5, 5.41) is 2.66. The van der Waals surface area contributed by atoms with Crippen molar-refractivity contribution < 1.29 is 4.42 Å². The average molecular weight is 260 g/mol. The molecule has 0 aliphatic heterocycles. The summed E-state index contributed by atoms with van der Waals surface area (Å²) in [4.78, 5) is 17.1. The van der Waals surface area contributed by atoms with E-state index in [1.54, 1.807) is 16.7 Å². The maximum absolute atomic E-state index is 12.7. The SMILES string of the molecule is O=c1c2ccoc2c2nccc3c4ccccc4n1c32. The third-order valence-corrected chi connectivity index (χ3v) is 3.90. The molecule has 4 nitrogen and oxygen atoms in total. The molecule has 5 aromatic rings. The minimum atomic E-state index is -0.0551. The van der Waals surface area contributed by atoms with Gasteiger partial charge < -0.3 is 4.42 Å². The summed E-state index contributed by atoms with van der Waals surface area (Å²) in [5.74, 6) is 0. The fraction of sp³-hybridized carbons (Fsp3) is 0. The average Bonchev–Trinajstić information content (AvgIpc) is 3.09. The van der Waals surface area contributed by atoms with E-state index in [0.717, 1.165) is 27.3 Å². The van der Waals surface area contributed by atoms with Crippen LogP contribution in [0.15, 0.2) is 58.1 Å². The van der Waals surface area contributed by atoms with E-state index in [0.29, 0.717) is 11.0 Å². The molecule has 0 bridgehead atoms. The van der Waals surface area contributed by atoms with Crippen molar-refractivity contribution in [2.24, 2.45) is 0 Å². The molecule has 0 radical (unpaired) electrons. The van der Waals surface area contributed by atoms with Crippen LogP contribution in [-0.4, -0.2) is 9.38 Å². The summed E-state index contributed by atoms with van der Waals surface area (Å²) in [6.07, 6.45) is 3.30. The number of rotatable bonds is 0. The van der Waals surface area contributed by atoms with E-state index in [1.807, 2.05) is 30.3 Å². The molecule has 4 heterocycles. The number of nitrogens with zero attached hydrogens (tertiary/aromatic N) is 2. The second-order valence-electron chi connectivity index (χ2n) is 4.88. The number of hydrogen-bond donors (Lipinski definition) is 0. The van der Waals surface area contributed by atoms with Gasteiger partial charge in [0.25, 0.3) is 5.56 Å². The molecule has 0 unspecified atom stereocenters. The van der Waals surface area contributed by atoms with Crippen molar-refractivity contribution >= 4 is 38.3 Å². The van der Waals surface area contributed by atoms with E-state index < -0.39 is 0 Å². The highest BCUT2D eigenvalue weighted by atomic mass is 16.3. The van der Waals surface area contributed by atoms with E-state index in [4.69, 9.17) is 4.42 Å². The zero-order chi connectivity index (χ0) is 13.3. The summed E-state index contributed by atoms with van der Waals surface area (Å²) in [5.41, 5.74) is 2.99. The Kier molecular flexibility index (Phi) is 1.58. The van der Waals surface area contributed by atoms with Gasteiger partial charge in [-0.25, -0.2) is 0 Å². The maximum atomic E-state index is 12.7. The van der Waals surface area contributed by atoms with E-state index in [-0.39, 0.29) is 5.56 Å². The Bertz CT molecular complexity index is 1170. The summed E-state index contributed by atoms with van der Waals surface area (Å²) >= 11 is 0. The molecule has 0 saturated heterocycles. The van der Waals surface area contributed by atoms with Gasteiger partial charge >= 0.3 is 0 Å². The Morgan fingerprint density at radius 3 is 2.85 bits per heavy atom. The summed E-state index contributed by atoms with van der Waals surface area (Å²) in [7, 11) is 0. The first-order valence-electron chi connectivity index (χ1n) is 6.37. The van der Waals surface area contributed by atoms with Gasteiger partial charge in [-0.3, -0.25) is 14.2 Å². The van der Waals surface area contributed by atoms with Gasteiger partial charge in [-0.2, -0.15) is 0 Å². The van der Waals surface area contributed by atoms with Crippen LogP contribution in [0.1, 0.15) is 0 Å². The second kappa shape index (κ2) is 3.17. The fourth-order valence-electron chi connectivity index (χ4n) is 3.07. The van der Waals surface area contributed by atoms with Crippen LogP contribution >= 0.6 is 0 Å². The molecule has 0 saturated carbocycles. The van der Waals surface area contributed by atoms with Crippen molar-refractivity contribution in [2.45, 2.75) is 0 Å². The van der Waals surface area contributed by atoms with Crippen molar-refractivity contribution in [3.8, 4) is 0 Å². The number of pyridine rings is 2. The first-order chi connectivity index (χ1) is 9.86. The van der Waals surface area contributed by atoms with Crippen molar-refractivity contribution in [1.82, 2.24) is 9.38 Å². The van der Waals surface area contributed by atoms with Crippen LogP contribution in [0.5, 0.6) is 0 Å². The summed E-state index contributed by atoms with van der Waals surface area (Å²) in [6.45, 7) is 0. The molecule has 20 heavy (non-hydrogen) atoms. The van der Waals surface area contributed by atoms with Gasteiger partial charge in [0.15, 0.2) is 5.58 Å². The van der Waals surface area contributed by atoms with Crippen LogP contribution in [-0.2, 0) is 0 Å². The zero-order valence-corrected chi connectivity index (χ0v) is 10.3. The molecular formula is C16H8N2O2. The Labute approximate surface area is 112 Å². The van der Waals surface area contributed by atoms with Crippen LogP contribution in [0.3, 0.4) is 0 Å². The van der Waals surface area contributed by atoms with Gasteiger partial charge in [0.1, 0.15) is 5.52 Å². The minimum absolute atomic E-state index is 0.0551. The lowest BCUT2D eigenvalue weighted by molar-refractivity contribution is 0.618. The molecular weight excluding hydrogens is 252 g/mol. The number of benzene rings is 1. The number of fused-ring (bicyclic) bond motifs is 5. The van der Waals surface area contributed by atoms with Gasteiger partial charge in [0.2, 0.25) is 0 Å². The molecule has 0 spiro atoms. The van der Waals surface area contributed by atoms with Gasteiger partial charge in [0.05, 0.1) is 22.7 Å². The highest BCUT2D eigenvalue weighted by molar-refractivity contribution is 6.17. The highest BCUT2D eigenvalue weighted by Crippen LogP contribution is 2.32. The molecule has 4 aromatic heterocycles. The fourth-order valence-corrected chi connectivity index (χ4v) is 3.07. The van der Waals surface area contributed by atoms with Crippen molar-refractivity contribution in [1.29, 1.82) is 0 Å². The molecule has 5 rings (SSSR count). The lowest BCUT2D eigenvalue weighted by Gasteiger charge is -2.00. The van der Waals surface area contributed by atoms with Gasteiger partial charge in [0, 0.05) is 17.0 Å². The Morgan fingerprint density at radius 2 is 1.90 bits per heavy atom. The molecule has 0 fully saturated rings. The van der Waals surface area contributed by atoms with Crippen LogP contribution in [0.4, 0.5) is 0 Å². The molecule has 0 atom stereocenters. The molecule has 4 heteroatoms. The maximum Gasteiger partial charge on any atom is 0.266 e. The first-order valence-corrected chi connectivity index (χ1v) is 6.37.